The molecule has 0 aliphatic carbocycles. The van der Waals surface area contributed by atoms with E-state index in [4.69, 9.17) is 10.5 Å². The lowest BCUT2D eigenvalue weighted by atomic mass is 9.98. The fourth-order valence-electron chi connectivity index (χ4n) is 2.73. The third-order valence-corrected chi connectivity index (χ3v) is 3.76. The van der Waals surface area contributed by atoms with E-state index < -0.39 is 0 Å². The molecule has 1 aromatic carbocycles. The number of para-hydroxylation sites is 2. The molecule has 3 N–H and O–H groups in total. The zero-order valence-electron chi connectivity index (χ0n) is 13.1. The minimum absolute atomic E-state index is 0. The lowest BCUT2D eigenvalue weighted by molar-refractivity contribution is -0.117. The van der Waals surface area contributed by atoms with Gasteiger partial charge < -0.3 is 15.8 Å². The summed E-state index contributed by atoms with van der Waals surface area (Å²) in [5.74, 6) is 1.23. The molecule has 1 aliphatic rings. The standard InChI is InChI=1S/C16H25N3O2.ClH/c1-2-21-15-8-4-3-7-14(15)18-16(20)12-19-9-5-6-13(10-17)11-19;/h3-4,7-8,13H,2,5-6,9-12,17H2,1H3,(H,18,20);1H. The Morgan fingerprint density at radius 1 is 1.45 bits per heavy atom. The van der Waals surface area contributed by atoms with E-state index in [1.165, 1.54) is 6.42 Å². The predicted molar refractivity (Wildman–Crippen MR) is 91.7 cm³/mol. The van der Waals surface area contributed by atoms with Crippen molar-refractivity contribution in [3.8, 4) is 5.75 Å². The van der Waals surface area contributed by atoms with Crippen molar-refractivity contribution < 1.29 is 9.53 Å². The number of nitrogens with two attached hydrogens (primary N) is 1. The smallest absolute Gasteiger partial charge is 0.238 e. The number of piperidine rings is 1. The van der Waals surface area contributed by atoms with E-state index in [-0.39, 0.29) is 18.3 Å². The van der Waals surface area contributed by atoms with Crippen LogP contribution in [0.1, 0.15) is 19.8 Å². The molecule has 124 valence electrons. The van der Waals surface area contributed by atoms with Crippen LogP contribution < -0.4 is 15.8 Å². The first-order valence-corrected chi connectivity index (χ1v) is 7.67. The van der Waals surface area contributed by atoms with Gasteiger partial charge >= 0.3 is 0 Å². The van der Waals surface area contributed by atoms with E-state index in [1.807, 2.05) is 31.2 Å². The molecule has 2 rings (SSSR count). The van der Waals surface area contributed by atoms with Gasteiger partial charge in [0.2, 0.25) is 5.91 Å². The molecule has 1 heterocycles. The van der Waals surface area contributed by atoms with Crippen LogP contribution in [0.5, 0.6) is 5.75 Å². The Bertz CT molecular complexity index is 470. The van der Waals surface area contributed by atoms with Crippen molar-refractivity contribution in [2.75, 3.05) is 38.1 Å². The summed E-state index contributed by atoms with van der Waals surface area (Å²) in [6, 6.07) is 7.52. The number of carbonyl (C=O) groups is 1. The minimum atomic E-state index is -0.000163. The van der Waals surface area contributed by atoms with Gasteiger partial charge in [-0.25, -0.2) is 0 Å². The van der Waals surface area contributed by atoms with E-state index in [2.05, 4.69) is 10.2 Å². The maximum Gasteiger partial charge on any atom is 0.238 e. The van der Waals surface area contributed by atoms with Crippen molar-refractivity contribution in [3.63, 3.8) is 0 Å². The van der Waals surface area contributed by atoms with Crippen LogP contribution in [-0.2, 0) is 4.79 Å². The van der Waals surface area contributed by atoms with Gasteiger partial charge in [0.1, 0.15) is 5.75 Å². The molecule has 1 aliphatic heterocycles. The number of anilines is 1. The molecule has 1 unspecified atom stereocenters. The van der Waals surface area contributed by atoms with Crippen molar-refractivity contribution in [1.82, 2.24) is 4.90 Å². The number of nitrogens with zero attached hydrogens (tertiary/aromatic N) is 1. The maximum absolute atomic E-state index is 12.2. The number of rotatable bonds is 6. The van der Waals surface area contributed by atoms with Crippen LogP contribution in [0.3, 0.4) is 0 Å². The maximum atomic E-state index is 12.2. The molecule has 1 saturated heterocycles. The van der Waals surface area contributed by atoms with E-state index in [0.717, 1.165) is 25.2 Å². The minimum Gasteiger partial charge on any atom is -0.492 e. The molecule has 0 aromatic heterocycles. The van der Waals surface area contributed by atoms with E-state index >= 15 is 0 Å². The first-order valence-electron chi connectivity index (χ1n) is 7.67. The highest BCUT2D eigenvalue weighted by molar-refractivity contribution is 5.93. The van der Waals surface area contributed by atoms with E-state index in [1.54, 1.807) is 0 Å². The molecule has 0 spiro atoms. The summed E-state index contributed by atoms with van der Waals surface area (Å²) in [7, 11) is 0. The van der Waals surface area contributed by atoms with Crippen LogP contribution in [0.4, 0.5) is 5.69 Å². The lowest BCUT2D eigenvalue weighted by Crippen LogP contribution is -2.42. The summed E-state index contributed by atoms with van der Waals surface area (Å²) in [6.07, 6.45) is 2.28. The number of hydrogen-bond acceptors (Lipinski definition) is 4. The number of carbonyl (C=O) groups excluding carboxylic acids is 1. The van der Waals surface area contributed by atoms with Gasteiger partial charge in [-0.05, 0) is 50.9 Å². The van der Waals surface area contributed by atoms with Gasteiger partial charge in [-0.3, -0.25) is 9.69 Å². The summed E-state index contributed by atoms with van der Waals surface area (Å²) in [5.41, 5.74) is 6.46. The largest absolute Gasteiger partial charge is 0.492 e. The van der Waals surface area contributed by atoms with Crippen LogP contribution in [0.25, 0.3) is 0 Å². The fourth-order valence-corrected chi connectivity index (χ4v) is 2.73. The summed E-state index contributed by atoms with van der Waals surface area (Å²) >= 11 is 0. The summed E-state index contributed by atoms with van der Waals surface area (Å²) in [4.78, 5) is 14.4. The molecule has 1 atom stereocenters. The van der Waals surface area contributed by atoms with Crippen LogP contribution in [0, 0.1) is 5.92 Å². The fraction of sp³-hybridized carbons (Fsp3) is 0.562. The third kappa shape index (κ3) is 5.48. The molecular weight excluding hydrogens is 302 g/mol. The second-order valence-electron chi connectivity index (χ2n) is 5.46. The number of nitrogens with one attached hydrogen (secondary N) is 1. The van der Waals surface area contributed by atoms with Gasteiger partial charge in [0.25, 0.3) is 0 Å². The van der Waals surface area contributed by atoms with Crippen LogP contribution in [0.2, 0.25) is 0 Å². The number of benzene rings is 1. The zero-order valence-corrected chi connectivity index (χ0v) is 13.9. The van der Waals surface area contributed by atoms with Crippen LogP contribution in [-0.4, -0.2) is 43.6 Å². The Morgan fingerprint density at radius 2 is 2.23 bits per heavy atom. The highest BCUT2D eigenvalue weighted by Crippen LogP contribution is 2.23. The van der Waals surface area contributed by atoms with Gasteiger partial charge in [-0.2, -0.15) is 0 Å². The number of hydrogen-bond donors (Lipinski definition) is 2. The Kier molecular flexibility index (Phi) is 8.24. The number of halogens is 1. The molecule has 1 aromatic rings. The average molecular weight is 328 g/mol. The molecule has 0 bridgehead atoms. The molecule has 1 fully saturated rings. The molecule has 0 radical (unpaired) electrons. The lowest BCUT2D eigenvalue weighted by Gasteiger charge is -2.31. The van der Waals surface area contributed by atoms with Gasteiger partial charge in [-0.15, -0.1) is 12.4 Å². The second kappa shape index (κ2) is 9.66. The Balaban J connectivity index is 0.00000242. The third-order valence-electron chi connectivity index (χ3n) is 3.76. The monoisotopic (exact) mass is 327 g/mol. The van der Waals surface area contributed by atoms with Crippen LogP contribution >= 0.6 is 12.4 Å². The second-order valence-corrected chi connectivity index (χ2v) is 5.46. The molecule has 6 heteroatoms. The van der Waals surface area contributed by atoms with Gasteiger partial charge in [0.15, 0.2) is 0 Å². The zero-order chi connectivity index (χ0) is 15.1. The predicted octanol–water partition coefficient (Wildman–Crippen LogP) is 2.12. The van der Waals surface area contributed by atoms with Crippen LogP contribution in [0.15, 0.2) is 24.3 Å². The Labute approximate surface area is 138 Å². The number of likely N-dealkylation sites (tertiary alicyclic amines) is 1. The molecule has 1 amide bonds. The topological polar surface area (TPSA) is 67.6 Å². The molecule has 22 heavy (non-hydrogen) atoms. The molecular formula is C16H26ClN3O2. The van der Waals surface area contributed by atoms with Gasteiger partial charge in [0.05, 0.1) is 18.8 Å². The van der Waals surface area contributed by atoms with Crippen molar-refractivity contribution in [3.05, 3.63) is 24.3 Å². The highest BCUT2D eigenvalue weighted by Gasteiger charge is 2.20. The summed E-state index contributed by atoms with van der Waals surface area (Å²) in [5, 5.41) is 2.94. The van der Waals surface area contributed by atoms with E-state index in [0.29, 0.717) is 31.4 Å². The van der Waals surface area contributed by atoms with Crippen molar-refractivity contribution in [2.24, 2.45) is 11.7 Å². The number of ether oxygens (including phenoxy) is 1. The van der Waals surface area contributed by atoms with Crippen molar-refractivity contribution in [2.45, 2.75) is 19.8 Å². The average Bonchev–Trinajstić information content (AvgIpc) is 2.49. The quantitative estimate of drug-likeness (QED) is 0.840. The van der Waals surface area contributed by atoms with Crippen molar-refractivity contribution >= 4 is 24.0 Å². The first kappa shape index (κ1) is 18.7. The van der Waals surface area contributed by atoms with Gasteiger partial charge in [-0.1, -0.05) is 12.1 Å². The Hall–Kier alpha value is -1.30. The number of amides is 1. The van der Waals surface area contributed by atoms with E-state index in [9.17, 15) is 4.79 Å². The van der Waals surface area contributed by atoms with Gasteiger partial charge in [0, 0.05) is 6.54 Å². The SMILES string of the molecule is CCOc1ccccc1NC(=O)CN1CCCC(CN)C1.Cl. The summed E-state index contributed by atoms with van der Waals surface area (Å²) < 4.78 is 5.52. The molecule has 5 nitrogen and oxygen atoms in total. The Morgan fingerprint density at radius 3 is 2.95 bits per heavy atom. The molecule has 0 saturated carbocycles. The highest BCUT2D eigenvalue weighted by atomic mass is 35.5. The first-order chi connectivity index (χ1) is 10.2. The van der Waals surface area contributed by atoms with Crippen molar-refractivity contribution in [1.29, 1.82) is 0 Å². The summed E-state index contributed by atoms with van der Waals surface area (Å²) in [6.45, 7) is 5.51. The normalized spacial score (nSPS) is 18.4.